The van der Waals surface area contributed by atoms with E-state index >= 15 is 0 Å². The van der Waals surface area contributed by atoms with Gasteiger partial charge in [-0.1, -0.05) is 13.0 Å². The fraction of sp³-hybridized carbons (Fsp3) is 0.116. The minimum absolute atomic E-state index is 0.0238. The van der Waals surface area contributed by atoms with Gasteiger partial charge in [-0.3, -0.25) is 0 Å². The van der Waals surface area contributed by atoms with Crippen LogP contribution in [-0.4, -0.2) is 55.3 Å². The fourth-order valence-corrected chi connectivity index (χ4v) is 9.39. The molecular weight excluding hydrogens is 805 g/mol. The summed E-state index contributed by atoms with van der Waals surface area (Å²) in [4.78, 5) is 0.0452. The summed E-state index contributed by atoms with van der Waals surface area (Å²) in [6.07, 6.45) is 4.00. The standard InChI is InChI=1S/C43H38O12S3/c1-2-28-53-41-6-5-7-42(43(41)54-30-4-3-29-52-33-12-22-38(23-13-33)56(46,47)36-18-8-31(44)9-19-36)58(50,51)40-26-16-35(17-27-40)55-34-14-24-39(25-15-34)57(48,49)37-20-10-32(45)11-21-37/h3-27,44-45H,2,28-30H2,1H3. The van der Waals surface area contributed by atoms with Crippen LogP contribution in [0, 0.1) is 0 Å². The first kappa shape index (κ1) is 41.3. The summed E-state index contributed by atoms with van der Waals surface area (Å²) in [5.41, 5.74) is 0. The number of phenolic OH excluding ortho intramolecular Hbond substituents is 2. The zero-order valence-corrected chi connectivity index (χ0v) is 33.4. The number of phenols is 2. The molecule has 0 heterocycles. The molecule has 58 heavy (non-hydrogen) atoms. The summed E-state index contributed by atoms with van der Waals surface area (Å²) in [5.74, 6) is 1.27. The molecule has 0 saturated carbocycles. The van der Waals surface area contributed by atoms with Gasteiger partial charge in [0.05, 0.1) is 31.1 Å². The number of sulfone groups is 3. The highest BCUT2D eigenvalue weighted by molar-refractivity contribution is 7.92. The summed E-state index contributed by atoms with van der Waals surface area (Å²) in [6.45, 7) is 2.34. The van der Waals surface area contributed by atoms with Crippen LogP contribution in [0.1, 0.15) is 13.3 Å². The van der Waals surface area contributed by atoms with E-state index in [1.165, 1.54) is 127 Å². The van der Waals surface area contributed by atoms with Gasteiger partial charge in [0.15, 0.2) is 11.5 Å². The Labute approximate surface area is 337 Å². The van der Waals surface area contributed by atoms with E-state index in [2.05, 4.69) is 0 Å². The van der Waals surface area contributed by atoms with Gasteiger partial charge in [-0.25, -0.2) is 25.3 Å². The molecule has 0 aliphatic carbocycles. The van der Waals surface area contributed by atoms with E-state index in [9.17, 15) is 35.5 Å². The molecule has 15 heteroatoms. The lowest BCUT2D eigenvalue weighted by molar-refractivity contribution is 0.278. The van der Waals surface area contributed by atoms with E-state index in [1.807, 2.05) is 6.92 Å². The second-order valence-electron chi connectivity index (χ2n) is 12.5. The normalized spacial score (nSPS) is 11.9. The Bertz CT molecular complexity index is 2700. The zero-order valence-electron chi connectivity index (χ0n) is 31.0. The van der Waals surface area contributed by atoms with Gasteiger partial charge >= 0.3 is 0 Å². The number of para-hydroxylation sites is 1. The Kier molecular flexibility index (Phi) is 12.7. The van der Waals surface area contributed by atoms with Gasteiger partial charge < -0.3 is 29.2 Å². The molecule has 6 rings (SSSR count). The largest absolute Gasteiger partial charge is 0.508 e. The molecule has 12 nitrogen and oxygen atoms in total. The average Bonchev–Trinajstić information content (AvgIpc) is 3.22. The Morgan fingerprint density at radius 1 is 0.466 bits per heavy atom. The number of benzene rings is 6. The van der Waals surface area contributed by atoms with Gasteiger partial charge in [-0.2, -0.15) is 0 Å². The Hall–Kier alpha value is -6.29. The second kappa shape index (κ2) is 17.9. The van der Waals surface area contributed by atoms with Crippen molar-refractivity contribution in [1.29, 1.82) is 0 Å². The molecule has 0 radical (unpaired) electrons. The van der Waals surface area contributed by atoms with Crippen LogP contribution in [0.25, 0.3) is 0 Å². The van der Waals surface area contributed by atoms with E-state index in [0.717, 1.165) is 0 Å². The summed E-state index contributed by atoms with van der Waals surface area (Å²) < 4.78 is 103. The van der Waals surface area contributed by atoms with Crippen molar-refractivity contribution >= 4 is 29.5 Å². The van der Waals surface area contributed by atoms with Gasteiger partial charge in [0.1, 0.15) is 46.9 Å². The van der Waals surface area contributed by atoms with Gasteiger partial charge in [0, 0.05) is 0 Å². The number of hydrogen-bond acceptors (Lipinski definition) is 12. The predicted octanol–water partition coefficient (Wildman–Crippen LogP) is 8.19. The summed E-state index contributed by atoms with van der Waals surface area (Å²) in [6, 6.07) is 32.5. The van der Waals surface area contributed by atoms with Gasteiger partial charge in [-0.05, 0) is 152 Å². The molecule has 0 unspecified atom stereocenters. The van der Waals surface area contributed by atoms with Crippen molar-refractivity contribution in [1.82, 2.24) is 0 Å². The Morgan fingerprint density at radius 2 is 0.862 bits per heavy atom. The van der Waals surface area contributed by atoms with Crippen molar-refractivity contribution in [2.75, 3.05) is 19.8 Å². The molecule has 0 aromatic heterocycles. The molecule has 0 atom stereocenters. The van der Waals surface area contributed by atoms with E-state index in [-0.39, 0.29) is 65.6 Å². The molecule has 300 valence electrons. The third kappa shape index (κ3) is 9.62. The highest BCUT2D eigenvalue weighted by atomic mass is 32.2. The number of aromatic hydroxyl groups is 2. The minimum atomic E-state index is -4.12. The van der Waals surface area contributed by atoms with Gasteiger partial charge in [-0.15, -0.1) is 0 Å². The van der Waals surface area contributed by atoms with Crippen LogP contribution < -0.4 is 18.9 Å². The number of ether oxygens (including phenoxy) is 4. The van der Waals surface area contributed by atoms with Gasteiger partial charge in [0.25, 0.3) is 0 Å². The van der Waals surface area contributed by atoms with Crippen molar-refractivity contribution in [2.24, 2.45) is 0 Å². The molecule has 0 amide bonds. The molecule has 0 aliphatic rings. The maximum Gasteiger partial charge on any atom is 0.210 e. The third-order valence-electron chi connectivity index (χ3n) is 8.46. The molecule has 6 aromatic carbocycles. The number of hydrogen-bond donors (Lipinski definition) is 2. The summed E-state index contributed by atoms with van der Waals surface area (Å²) >= 11 is 0. The number of rotatable bonds is 17. The molecule has 0 spiro atoms. The second-order valence-corrected chi connectivity index (χ2v) is 18.4. The minimum Gasteiger partial charge on any atom is -0.508 e. The van der Waals surface area contributed by atoms with Crippen molar-refractivity contribution < 1.29 is 54.4 Å². The van der Waals surface area contributed by atoms with Crippen LogP contribution in [0.4, 0.5) is 0 Å². The molecule has 0 fully saturated rings. The van der Waals surface area contributed by atoms with E-state index in [1.54, 1.807) is 24.3 Å². The SMILES string of the molecule is CCCOc1cccc(S(=O)(=O)c2ccc(Oc3ccc(S(=O)(=O)c4ccc(O)cc4)cc3)cc2)c1OCC=CCOc1ccc(S(=O)(=O)c2ccc(O)cc2)cc1. The van der Waals surface area contributed by atoms with Crippen molar-refractivity contribution in [3.63, 3.8) is 0 Å². The van der Waals surface area contributed by atoms with E-state index in [0.29, 0.717) is 30.3 Å². The first-order chi connectivity index (χ1) is 27.8. The summed E-state index contributed by atoms with van der Waals surface area (Å²) in [5, 5.41) is 19.0. The Balaban J connectivity index is 1.09. The molecule has 0 bridgehead atoms. The molecule has 6 aromatic rings. The quantitative estimate of drug-likeness (QED) is 0.0842. The molecule has 0 aliphatic heterocycles. The highest BCUT2D eigenvalue weighted by Gasteiger charge is 2.26. The van der Waals surface area contributed by atoms with Crippen LogP contribution in [0.5, 0.6) is 40.2 Å². The fourth-order valence-electron chi connectivity index (χ4n) is 5.46. The van der Waals surface area contributed by atoms with Crippen LogP contribution in [0.15, 0.2) is 181 Å². The third-order valence-corrected chi connectivity index (χ3v) is 13.8. The monoisotopic (exact) mass is 842 g/mol. The lowest BCUT2D eigenvalue weighted by Crippen LogP contribution is -2.08. The van der Waals surface area contributed by atoms with Crippen molar-refractivity contribution in [3.05, 3.63) is 152 Å². The first-order valence-corrected chi connectivity index (χ1v) is 22.2. The molecule has 0 saturated heterocycles. The van der Waals surface area contributed by atoms with Crippen LogP contribution in [0.2, 0.25) is 0 Å². The van der Waals surface area contributed by atoms with Crippen molar-refractivity contribution in [3.8, 4) is 40.2 Å². The Morgan fingerprint density at radius 3 is 1.31 bits per heavy atom. The smallest absolute Gasteiger partial charge is 0.210 e. The molecular formula is C43H38O12S3. The maximum atomic E-state index is 14.0. The predicted molar refractivity (Wildman–Crippen MR) is 214 cm³/mol. The zero-order chi connectivity index (χ0) is 41.3. The first-order valence-electron chi connectivity index (χ1n) is 17.8. The average molecular weight is 843 g/mol. The lowest BCUT2D eigenvalue weighted by atomic mass is 10.3. The van der Waals surface area contributed by atoms with E-state index in [4.69, 9.17) is 18.9 Å². The van der Waals surface area contributed by atoms with Crippen LogP contribution >= 0.6 is 0 Å². The molecule has 2 N–H and O–H groups in total. The van der Waals surface area contributed by atoms with E-state index < -0.39 is 29.5 Å². The van der Waals surface area contributed by atoms with Crippen LogP contribution in [0.3, 0.4) is 0 Å². The maximum absolute atomic E-state index is 14.0. The topological polar surface area (TPSA) is 180 Å². The highest BCUT2D eigenvalue weighted by Crippen LogP contribution is 2.38. The van der Waals surface area contributed by atoms with Crippen LogP contribution in [-0.2, 0) is 29.5 Å². The van der Waals surface area contributed by atoms with Gasteiger partial charge in [0.2, 0.25) is 29.5 Å². The summed E-state index contributed by atoms with van der Waals surface area (Å²) in [7, 11) is -11.7. The van der Waals surface area contributed by atoms with Crippen molar-refractivity contribution in [2.45, 2.75) is 42.7 Å². The lowest BCUT2D eigenvalue weighted by Gasteiger charge is -2.16.